The summed E-state index contributed by atoms with van der Waals surface area (Å²) in [5.41, 5.74) is 1.83. The quantitative estimate of drug-likeness (QED) is 0.466. The van der Waals surface area contributed by atoms with E-state index >= 15 is 0 Å². The monoisotopic (exact) mass is 434 g/mol. The van der Waals surface area contributed by atoms with Gasteiger partial charge in [-0.1, -0.05) is 12.1 Å². The lowest BCUT2D eigenvalue weighted by Gasteiger charge is -2.17. The standard InChI is InChI=1S/C24H22N2O6/c1-5-30-23(28)17-12(3)25-13(4)18(24(29)31-6-2)19(17)15-11-32-22-14-9-7-8-10-16(14)26-20(22)21(15)27/h7-11,26H,5-6H2,1-4H3. The van der Waals surface area contributed by atoms with Gasteiger partial charge < -0.3 is 18.9 Å². The number of rotatable bonds is 5. The molecule has 3 aromatic heterocycles. The van der Waals surface area contributed by atoms with Gasteiger partial charge in [0.25, 0.3) is 0 Å². The van der Waals surface area contributed by atoms with Crippen molar-refractivity contribution < 1.29 is 23.5 Å². The number of aryl methyl sites for hydroxylation is 2. The molecule has 3 heterocycles. The number of aromatic amines is 1. The molecule has 0 amide bonds. The number of nitrogens with zero attached hydrogens (tertiary/aromatic N) is 1. The third-order valence-corrected chi connectivity index (χ3v) is 5.21. The van der Waals surface area contributed by atoms with Crippen LogP contribution in [-0.4, -0.2) is 35.1 Å². The highest BCUT2D eigenvalue weighted by Gasteiger charge is 2.30. The number of ether oxygens (including phenoxy) is 2. The maximum absolute atomic E-state index is 13.6. The van der Waals surface area contributed by atoms with Gasteiger partial charge in [0.2, 0.25) is 5.43 Å². The fourth-order valence-corrected chi connectivity index (χ4v) is 3.90. The molecule has 32 heavy (non-hydrogen) atoms. The van der Waals surface area contributed by atoms with Gasteiger partial charge in [0.15, 0.2) is 5.58 Å². The van der Waals surface area contributed by atoms with Crippen molar-refractivity contribution in [1.29, 1.82) is 0 Å². The summed E-state index contributed by atoms with van der Waals surface area (Å²) in [6.07, 6.45) is 1.27. The Morgan fingerprint density at radius 2 is 1.59 bits per heavy atom. The molecule has 0 fully saturated rings. The number of aromatic nitrogens is 2. The van der Waals surface area contributed by atoms with Crippen LogP contribution < -0.4 is 5.43 Å². The Hall–Kier alpha value is -3.94. The molecule has 0 atom stereocenters. The lowest BCUT2D eigenvalue weighted by Crippen LogP contribution is -2.20. The molecule has 0 saturated heterocycles. The van der Waals surface area contributed by atoms with Crippen molar-refractivity contribution in [2.24, 2.45) is 0 Å². The number of benzene rings is 1. The number of nitrogens with one attached hydrogen (secondary N) is 1. The summed E-state index contributed by atoms with van der Waals surface area (Å²) in [5, 5.41) is 0.754. The van der Waals surface area contributed by atoms with E-state index in [-0.39, 0.29) is 41.0 Å². The number of hydrogen-bond donors (Lipinski definition) is 1. The van der Waals surface area contributed by atoms with Crippen molar-refractivity contribution in [2.75, 3.05) is 13.2 Å². The number of carbonyl (C=O) groups excluding carboxylic acids is 2. The molecule has 8 heteroatoms. The Morgan fingerprint density at radius 1 is 1.00 bits per heavy atom. The summed E-state index contributed by atoms with van der Waals surface area (Å²) in [4.78, 5) is 46.7. The molecule has 164 valence electrons. The Kier molecular flexibility index (Phi) is 5.52. The first-order valence-electron chi connectivity index (χ1n) is 10.3. The van der Waals surface area contributed by atoms with E-state index in [1.807, 2.05) is 24.3 Å². The summed E-state index contributed by atoms with van der Waals surface area (Å²) in [6.45, 7) is 6.84. The zero-order valence-electron chi connectivity index (χ0n) is 18.2. The average molecular weight is 434 g/mol. The van der Waals surface area contributed by atoms with E-state index < -0.39 is 17.4 Å². The van der Waals surface area contributed by atoms with Crippen LogP contribution in [0.4, 0.5) is 0 Å². The van der Waals surface area contributed by atoms with Gasteiger partial charge in [0.05, 0.1) is 41.3 Å². The molecule has 0 aliphatic rings. The molecule has 4 aromatic rings. The summed E-state index contributed by atoms with van der Waals surface area (Å²) in [7, 11) is 0. The molecule has 0 radical (unpaired) electrons. The number of H-pyrrole nitrogens is 1. The van der Waals surface area contributed by atoms with Crippen molar-refractivity contribution in [2.45, 2.75) is 27.7 Å². The van der Waals surface area contributed by atoms with Gasteiger partial charge in [-0.25, -0.2) is 9.59 Å². The first kappa shape index (κ1) is 21.3. The minimum atomic E-state index is -0.686. The number of para-hydroxylation sites is 1. The van der Waals surface area contributed by atoms with Crippen LogP contribution in [0.25, 0.3) is 33.1 Å². The molecule has 8 nitrogen and oxygen atoms in total. The SMILES string of the molecule is CCOC(=O)c1c(C)nc(C)c(C(=O)OCC)c1-c1coc2c([nH]c3ccccc32)c1=O. The van der Waals surface area contributed by atoms with Crippen molar-refractivity contribution in [3.63, 3.8) is 0 Å². The summed E-state index contributed by atoms with van der Waals surface area (Å²) in [5.74, 6) is -1.37. The molecule has 0 saturated carbocycles. The molecular formula is C24H22N2O6. The molecule has 4 rings (SSSR count). The summed E-state index contributed by atoms with van der Waals surface area (Å²) >= 11 is 0. The Morgan fingerprint density at radius 3 is 2.19 bits per heavy atom. The van der Waals surface area contributed by atoms with Crippen molar-refractivity contribution in [1.82, 2.24) is 9.97 Å². The van der Waals surface area contributed by atoms with Crippen LogP contribution in [0.5, 0.6) is 0 Å². The highest BCUT2D eigenvalue weighted by atomic mass is 16.5. The number of hydrogen-bond acceptors (Lipinski definition) is 7. The van der Waals surface area contributed by atoms with Crippen LogP contribution >= 0.6 is 0 Å². The second-order valence-corrected chi connectivity index (χ2v) is 7.20. The van der Waals surface area contributed by atoms with Crippen LogP contribution in [0.3, 0.4) is 0 Å². The molecule has 1 aromatic carbocycles. The van der Waals surface area contributed by atoms with Gasteiger partial charge in [-0.3, -0.25) is 9.78 Å². The molecule has 1 N–H and O–H groups in total. The molecule has 0 aliphatic carbocycles. The Labute approximate surface area is 183 Å². The number of fused-ring (bicyclic) bond motifs is 3. The molecule has 0 unspecified atom stereocenters. The summed E-state index contributed by atoms with van der Waals surface area (Å²) < 4.78 is 16.3. The predicted octanol–water partition coefficient (Wildman–Crippen LogP) is 4.31. The largest absolute Gasteiger partial charge is 0.462 e. The van der Waals surface area contributed by atoms with Gasteiger partial charge >= 0.3 is 11.9 Å². The van der Waals surface area contributed by atoms with Gasteiger partial charge in [0, 0.05) is 16.5 Å². The van der Waals surface area contributed by atoms with Crippen LogP contribution in [0.2, 0.25) is 0 Å². The van der Waals surface area contributed by atoms with E-state index in [4.69, 9.17) is 13.9 Å². The summed E-state index contributed by atoms with van der Waals surface area (Å²) in [6, 6.07) is 7.36. The maximum atomic E-state index is 13.6. The molecule has 0 aliphatic heterocycles. The van der Waals surface area contributed by atoms with Crippen molar-refractivity contribution in [3.05, 3.63) is 63.3 Å². The van der Waals surface area contributed by atoms with Crippen LogP contribution in [-0.2, 0) is 9.47 Å². The average Bonchev–Trinajstić information content (AvgIpc) is 3.13. The first-order chi connectivity index (χ1) is 15.4. The third-order valence-electron chi connectivity index (χ3n) is 5.21. The zero-order valence-corrected chi connectivity index (χ0v) is 18.2. The Balaban J connectivity index is 2.11. The topological polar surface area (TPSA) is 111 Å². The van der Waals surface area contributed by atoms with Gasteiger partial charge in [0.1, 0.15) is 11.8 Å². The Bertz CT molecular complexity index is 1390. The van der Waals surface area contributed by atoms with E-state index in [9.17, 15) is 14.4 Å². The molecule has 0 spiro atoms. The zero-order chi connectivity index (χ0) is 23.0. The number of pyridine rings is 1. The number of esters is 2. The smallest absolute Gasteiger partial charge is 0.340 e. The van der Waals surface area contributed by atoms with Crippen LogP contribution in [0, 0.1) is 13.8 Å². The van der Waals surface area contributed by atoms with Crippen LogP contribution in [0.1, 0.15) is 46.0 Å². The van der Waals surface area contributed by atoms with Crippen LogP contribution in [0.15, 0.2) is 39.7 Å². The second kappa shape index (κ2) is 8.30. The predicted molar refractivity (Wildman–Crippen MR) is 119 cm³/mol. The number of carbonyl (C=O) groups is 2. The third kappa shape index (κ3) is 3.33. The maximum Gasteiger partial charge on any atom is 0.340 e. The minimum Gasteiger partial charge on any atom is -0.462 e. The van der Waals surface area contributed by atoms with E-state index in [1.165, 1.54) is 6.26 Å². The fourth-order valence-electron chi connectivity index (χ4n) is 3.90. The lowest BCUT2D eigenvalue weighted by molar-refractivity contribution is 0.0525. The van der Waals surface area contributed by atoms with Gasteiger partial charge in [-0.05, 0) is 39.8 Å². The minimum absolute atomic E-state index is 0.0308. The highest BCUT2D eigenvalue weighted by Crippen LogP contribution is 2.33. The van der Waals surface area contributed by atoms with Crippen molar-refractivity contribution >= 4 is 33.9 Å². The van der Waals surface area contributed by atoms with Gasteiger partial charge in [-0.2, -0.15) is 0 Å². The van der Waals surface area contributed by atoms with Crippen molar-refractivity contribution in [3.8, 4) is 11.1 Å². The highest BCUT2D eigenvalue weighted by molar-refractivity contribution is 6.09. The normalized spacial score (nSPS) is 11.1. The first-order valence-corrected chi connectivity index (χ1v) is 10.3. The molecule has 0 bridgehead atoms. The second-order valence-electron chi connectivity index (χ2n) is 7.20. The van der Waals surface area contributed by atoms with E-state index in [2.05, 4.69) is 9.97 Å². The van der Waals surface area contributed by atoms with E-state index in [1.54, 1.807) is 27.7 Å². The van der Waals surface area contributed by atoms with Gasteiger partial charge in [-0.15, -0.1) is 0 Å². The lowest BCUT2D eigenvalue weighted by atomic mass is 9.93. The fraction of sp³-hybridized carbons (Fsp3) is 0.250. The van der Waals surface area contributed by atoms with E-state index in [0.29, 0.717) is 17.0 Å². The molecular weight excluding hydrogens is 412 g/mol. The van der Waals surface area contributed by atoms with E-state index in [0.717, 1.165) is 10.9 Å².